The first kappa shape index (κ1) is 21.4. The van der Waals surface area contributed by atoms with E-state index in [2.05, 4.69) is 23.5 Å². The van der Waals surface area contributed by atoms with Gasteiger partial charge in [0.2, 0.25) is 15.9 Å². The van der Waals surface area contributed by atoms with Gasteiger partial charge >= 0.3 is 0 Å². The van der Waals surface area contributed by atoms with Crippen LogP contribution in [0.5, 0.6) is 0 Å². The maximum absolute atomic E-state index is 12.8. The number of benzene rings is 2. The molecule has 0 spiro atoms. The number of fused-ring (bicyclic) bond motifs is 1. The number of carbonyl (C=O) groups excluding carboxylic acids is 1. The van der Waals surface area contributed by atoms with E-state index in [1.807, 2.05) is 26.0 Å². The molecule has 1 aliphatic rings. The van der Waals surface area contributed by atoms with Crippen LogP contribution in [0.2, 0.25) is 0 Å². The number of amides is 1. The molecule has 1 aliphatic carbocycles. The molecule has 5 nitrogen and oxygen atoms in total. The summed E-state index contributed by atoms with van der Waals surface area (Å²) in [6.45, 7) is 3.64. The highest BCUT2D eigenvalue weighted by atomic mass is 32.2. The standard InChI is InChI=1S/C23H30N2O3S/c1-4-21(20-14-13-18-10-6-7-11-19(18)15-20)24-23(26)16-25(29(3,27)28)22-12-8-5-9-17(22)2/h5,8-9,12-15,21H,4,6-7,10-11,16H2,1-3H3,(H,24,26)/t21-/m1/s1. The third-order valence-corrected chi connectivity index (χ3v) is 6.72. The second-order valence-electron chi connectivity index (χ2n) is 7.82. The predicted molar refractivity (Wildman–Crippen MR) is 118 cm³/mol. The molecule has 2 aromatic rings. The molecular formula is C23H30N2O3S. The number of sulfonamides is 1. The summed E-state index contributed by atoms with van der Waals surface area (Å²) in [6.07, 6.45) is 6.53. The maximum atomic E-state index is 12.8. The molecule has 0 fully saturated rings. The van der Waals surface area contributed by atoms with Crippen LogP contribution in [0, 0.1) is 6.92 Å². The molecule has 1 atom stereocenters. The van der Waals surface area contributed by atoms with Crippen molar-refractivity contribution in [3.8, 4) is 0 Å². The number of hydrogen-bond acceptors (Lipinski definition) is 3. The Hall–Kier alpha value is -2.34. The lowest BCUT2D eigenvalue weighted by Gasteiger charge is -2.26. The molecule has 3 rings (SSSR count). The SMILES string of the molecule is CC[C@@H](NC(=O)CN(c1ccccc1C)S(C)(=O)=O)c1ccc2c(c1)CCCC2. The normalized spacial score (nSPS) is 14.7. The van der Waals surface area contributed by atoms with Gasteiger partial charge in [0.25, 0.3) is 0 Å². The topological polar surface area (TPSA) is 66.5 Å². The smallest absolute Gasteiger partial charge is 0.241 e. The number of nitrogens with zero attached hydrogens (tertiary/aromatic N) is 1. The minimum Gasteiger partial charge on any atom is -0.348 e. The average molecular weight is 415 g/mol. The van der Waals surface area contributed by atoms with E-state index >= 15 is 0 Å². The summed E-state index contributed by atoms with van der Waals surface area (Å²) < 4.78 is 25.9. The highest BCUT2D eigenvalue weighted by Gasteiger charge is 2.24. The third-order valence-electron chi connectivity index (χ3n) is 5.59. The first-order chi connectivity index (χ1) is 13.8. The highest BCUT2D eigenvalue weighted by molar-refractivity contribution is 7.92. The zero-order chi connectivity index (χ0) is 21.0. The second kappa shape index (κ2) is 8.99. The fraction of sp³-hybridized carbons (Fsp3) is 0.435. The number of carbonyl (C=O) groups is 1. The Morgan fingerprint density at radius 1 is 1.10 bits per heavy atom. The predicted octanol–water partition coefficient (Wildman–Crippen LogP) is 3.91. The van der Waals surface area contributed by atoms with Crippen molar-refractivity contribution < 1.29 is 13.2 Å². The fourth-order valence-corrected chi connectivity index (χ4v) is 4.90. The van der Waals surface area contributed by atoms with Gasteiger partial charge in [0.05, 0.1) is 18.0 Å². The summed E-state index contributed by atoms with van der Waals surface area (Å²) in [7, 11) is -3.58. The molecule has 0 bridgehead atoms. The molecule has 6 heteroatoms. The maximum Gasteiger partial charge on any atom is 0.241 e. The Kier molecular flexibility index (Phi) is 6.63. The molecule has 0 saturated carbocycles. The molecule has 0 aliphatic heterocycles. The molecule has 0 radical (unpaired) electrons. The summed E-state index contributed by atoms with van der Waals surface area (Å²) in [5.74, 6) is -0.303. The minimum absolute atomic E-state index is 0.131. The van der Waals surface area contributed by atoms with Gasteiger partial charge in [-0.25, -0.2) is 8.42 Å². The van der Waals surface area contributed by atoms with Gasteiger partial charge in [-0.05, 0) is 67.3 Å². The number of aryl methyl sites for hydroxylation is 3. The van der Waals surface area contributed by atoms with Crippen LogP contribution in [0.4, 0.5) is 5.69 Å². The van der Waals surface area contributed by atoms with Gasteiger partial charge in [-0.15, -0.1) is 0 Å². The van der Waals surface area contributed by atoms with Crippen LogP contribution < -0.4 is 9.62 Å². The van der Waals surface area contributed by atoms with Gasteiger partial charge in [0.15, 0.2) is 0 Å². The van der Waals surface area contributed by atoms with Crippen molar-refractivity contribution in [2.75, 3.05) is 17.1 Å². The first-order valence-electron chi connectivity index (χ1n) is 10.2. The monoisotopic (exact) mass is 414 g/mol. The summed E-state index contributed by atoms with van der Waals surface area (Å²) in [5, 5.41) is 3.04. The molecule has 0 heterocycles. The zero-order valence-corrected chi connectivity index (χ0v) is 18.3. The Balaban J connectivity index is 1.77. The molecule has 0 saturated heterocycles. The summed E-state index contributed by atoms with van der Waals surface area (Å²) >= 11 is 0. The minimum atomic E-state index is -3.58. The number of anilines is 1. The van der Waals surface area contributed by atoms with Crippen LogP contribution in [0.25, 0.3) is 0 Å². The van der Waals surface area contributed by atoms with E-state index in [0.29, 0.717) is 5.69 Å². The molecule has 2 aromatic carbocycles. The van der Waals surface area contributed by atoms with Crippen LogP contribution in [0.3, 0.4) is 0 Å². The van der Waals surface area contributed by atoms with Crippen molar-refractivity contribution in [1.29, 1.82) is 0 Å². The Bertz CT molecular complexity index is 985. The lowest BCUT2D eigenvalue weighted by Crippen LogP contribution is -2.41. The average Bonchev–Trinajstić information content (AvgIpc) is 2.70. The van der Waals surface area contributed by atoms with Crippen LogP contribution in [-0.4, -0.2) is 27.1 Å². The Morgan fingerprint density at radius 3 is 2.45 bits per heavy atom. The lowest BCUT2D eigenvalue weighted by molar-refractivity contribution is -0.120. The van der Waals surface area contributed by atoms with Gasteiger partial charge < -0.3 is 5.32 Å². The van der Waals surface area contributed by atoms with E-state index in [1.54, 1.807) is 12.1 Å². The Morgan fingerprint density at radius 2 is 1.79 bits per heavy atom. The van der Waals surface area contributed by atoms with Gasteiger partial charge in [0.1, 0.15) is 6.54 Å². The van der Waals surface area contributed by atoms with Crippen molar-refractivity contribution in [2.45, 2.75) is 52.0 Å². The molecule has 1 amide bonds. The first-order valence-corrected chi connectivity index (χ1v) is 12.1. The number of nitrogens with one attached hydrogen (secondary N) is 1. The lowest BCUT2D eigenvalue weighted by atomic mass is 9.89. The molecule has 29 heavy (non-hydrogen) atoms. The van der Waals surface area contributed by atoms with Crippen molar-refractivity contribution in [3.05, 3.63) is 64.7 Å². The Labute approximate surface area is 174 Å². The third kappa shape index (κ3) is 5.18. The molecule has 1 N–H and O–H groups in total. The van der Waals surface area contributed by atoms with E-state index in [-0.39, 0.29) is 18.5 Å². The second-order valence-corrected chi connectivity index (χ2v) is 9.73. The molecule has 0 aromatic heterocycles. The van der Waals surface area contributed by atoms with Gasteiger partial charge in [-0.2, -0.15) is 0 Å². The van der Waals surface area contributed by atoms with Gasteiger partial charge in [-0.1, -0.05) is 43.3 Å². The summed E-state index contributed by atoms with van der Waals surface area (Å²) in [5.41, 5.74) is 5.21. The van der Waals surface area contributed by atoms with E-state index in [9.17, 15) is 13.2 Å². The summed E-state index contributed by atoms with van der Waals surface area (Å²) in [4.78, 5) is 12.8. The number of hydrogen-bond donors (Lipinski definition) is 1. The zero-order valence-electron chi connectivity index (χ0n) is 17.4. The fourth-order valence-electron chi connectivity index (χ4n) is 3.99. The molecule has 156 valence electrons. The van der Waals surface area contributed by atoms with Gasteiger partial charge in [-0.3, -0.25) is 9.10 Å². The van der Waals surface area contributed by atoms with E-state index in [1.165, 1.54) is 28.3 Å². The number of para-hydroxylation sites is 1. The van der Waals surface area contributed by atoms with Crippen molar-refractivity contribution in [1.82, 2.24) is 5.32 Å². The van der Waals surface area contributed by atoms with E-state index < -0.39 is 10.0 Å². The number of rotatable bonds is 7. The largest absolute Gasteiger partial charge is 0.348 e. The molecule has 0 unspecified atom stereocenters. The molecular weight excluding hydrogens is 384 g/mol. The van der Waals surface area contributed by atoms with Crippen LogP contribution in [0.15, 0.2) is 42.5 Å². The van der Waals surface area contributed by atoms with Crippen molar-refractivity contribution in [3.63, 3.8) is 0 Å². The van der Waals surface area contributed by atoms with Gasteiger partial charge in [0, 0.05) is 0 Å². The van der Waals surface area contributed by atoms with Crippen LogP contribution >= 0.6 is 0 Å². The summed E-state index contributed by atoms with van der Waals surface area (Å²) in [6, 6.07) is 13.5. The van der Waals surface area contributed by atoms with E-state index in [4.69, 9.17) is 0 Å². The highest BCUT2D eigenvalue weighted by Crippen LogP contribution is 2.26. The van der Waals surface area contributed by atoms with Crippen molar-refractivity contribution >= 4 is 21.6 Å². The van der Waals surface area contributed by atoms with Crippen molar-refractivity contribution in [2.24, 2.45) is 0 Å². The van der Waals surface area contributed by atoms with Crippen LogP contribution in [-0.2, 0) is 27.7 Å². The van der Waals surface area contributed by atoms with E-state index in [0.717, 1.165) is 36.6 Å². The van der Waals surface area contributed by atoms with Crippen LogP contribution in [0.1, 0.15) is 54.5 Å². The quantitative estimate of drug-likeness (QED) is 0.747.